The maximum absolute atomic E-state index is 11.0. The van der Waals surface area contributed by atoms with Crippen LogP contribution >= 0.6 is 0 Å². The molecule has 0 saturated carbocycles. The van der Waals surface area contributed by atoms with Gasteiger partial charge in [0.25, 0.3) is 0 Å². The zero-order chi connectivity index (χ0) is 10.6. The van der Waals surface area contributed by atoms with Crippen molar-refractivity contribution in [1.29, 1.82) is 0 Å². The van der Waals surface area contributed by atoms with Gasteiger partial charge in [-0.25, -0.2) is 0 Å². The van der Waals surface area contributed by atoms with Crippen LogP contribution in [-0.4, -0.2) is 45.9 Å². The molecular formula is C10H20O4. The largest absolute Gasteiger partial charge is 0.382 e. The van der Waals surface area contributed by atoms with Gasteiger partial charge in [0.1, 0.15) is 6.61 Å². The Morgan fingerprint density at radius 2 is 1.71 bits per heavy atom. The van der Waals surface area contributed by atoms with Gasteiger partial charge in [-0.15, -0.1) is 0 Å². The Kier molecular flexibility index (Phi) is 10.3. The number of carbonyl (C=O) groups excluding carboxylic acids is 1. The molecule has 0 aromatic carbocycles. The molecule has 0 spiro atoms. The second-order valence-electron chi connectivity index (χ2n) is 2.95. The van der Waals surface area contributed by atoms with Crippen molar-refractivity contribution in [1.82, 2.24) is 0 Å². The first-order valence-electron chi connectivity index (χ1n) is 4.97. The van der Waals surface area contributed by atoms with E-state index in [9.17, 15) is 4.79 Å². The van der Waals surface area contributed by atoms with E-state index in [-0.39, 0.29) is 12.4 Å². The van der Waals surface area contributed by atoms with E-state index in [4.69, 9.17) is 14.2 Å². The fourth-order valence-electron chi connectivity index (χ4n) is 0.899. The summed E-state index contributed by atoms with van der Waals surface area (Å²) in [6.07, 6.45) is 1.48. The van der Waals surface area contributed by atoms with Crippen LogP contribution in [0.3, 0.4) is 0 Å². The lowest BCUT2D eigenvalue weighted by Gasteiger charge is -2.04. The van der Waals surface area contributed by atoms with Crippen molar-refractivity contribution in [2.24, 2.45) is 0 Å². The van der Waals surface area contributed by atoms with Gasteiger partial charge in [-0.1, -0.05) is 6.92 Å². The van der Waals surface area contributed by atoms with Crippen molar-refractivity contribution < 1.29 is 19.0 Å². The molecule has 0 amide bonds. The van der Waals surface area contributed by atoms with Crippen LogP contribution in [0.25, 0.3) is 0 Å². The molecule has 14 heavy (non-hydrogen) atoms. The molecule has 0 aliphatic rings. The van der Waals surface area contributed by atoms with Crippen molar-refractivity contribution in [2.75, 3.05) is 40.1 Å². The molecule has 0 atom stereocenters. The molecule has 0 aliphatic heterocycles. The minimum Gasteiger partial charge on any atom is -0.382 e. The third kappa shape index (κ3) is 9.64. The Morgan fingerprint density at radius 1 is 1.07 bits per heavy atom. The number of hydrogen-bond donors (Lipinski definition) is 0. The lowest BCUT2D eigenvalue weighted by Crippen LogP contribution is -2.13. The number of ketones is 1. The van der Waals surface area contributed by atoms with Crippen LogP contribution < -0.4 is 0 Å². The Labute approximate surface area is 85.5 Å². The molecule has 0 aliphatic carbocycles. The fourth-order valence-corrected chi connectivity index (χ4v) is 0.899. The number of methoxy groups -OCH3 is 1. The number of carbonyl (C=O) groups is 1. The van der Waals surface area contributed by atoms with E-state index in [0.717, 1.165) is 6.42 Å². The summed E-state index contributed by atoms with van der Waals surface area (Å²) in [5.41, 5.74) is 0. The summed E-state index contributed by atoms with van der Waals surface area (Å²) < 4.78 is 15.1. The lowest BCUT2D eigenvalue weighted by molar-refractivity contribution is -0.124. The highest BCUT2D eigenvalue weighted by atomic mass is 16.5. The molecule has 0 fully saturated rings. The number of Topliss-reactive ketones (excluding diaryl/α,β-unsaturated/α-hetero) is 1. The van der Waals surface area contributed by atoms with Crippen LogP contribution in [0.4, 0.5) is 0 Å². The molecule has 0 bridgehead atoms. The molecular weight excluding hydrogens is 184 g/mol. The van der Waals surface area contributed by atoms with Crippen LogP contribution in [0.15, 0.2) is 0 Å². The summed E-state index contributed by atoms with van der Waals surface area (Å²) in [6, 6.07) is 0. The Hall–Kier alpha value is -0.450. The van der Waals surface area contributed by atoms with Gasteiger partial charge in [-0.05, 0) is 6.42 Å². The lowest BCUT2D eigenvalue weighted by atomic mass is 10.2. The molecule has 0 heterocycles. The summed E-state index contributed by atoms with van der Waals surface area (Å²) in [4.78, 5) is 11.0. The average molecular weight is 204 g/mol. The van der Waals surface area contributed by atoms with Gasteiger partial charge < -0.3 is 14.2 Å². The topological polar surface area (TPSA) is 44.8 Å². The number of rotatable bonds is 10. The van der Waals surface area contributed by atoms with Gasteiger partial charge in [0, 0.05) is 13.5 Å². The molecule has 0 saturated heterocycles. The van der Waals surface area contributed by atoms with E-state index in [1.807, 2.05) is 6.92 Å². The molecule has 0 rings (SSSR count). The molecule has 0 N–H and O–H groups in total. The van der Waals surface area contributed by atoms with Crippen molar-refractivity contribution >= 4 is 5.78 Å². The molecule has 0 radical (unpaired) electrons. The Morgan fingerprint density at radius 3 is 2.36 bits per heavy atom. The van der Waals surface area contributed by atoms with Crippen LogP contribution in [0, 0.1) is 0 Å². The molecule has 4 heteroatoms. The van der Waals surface area contributed by atoms with E-state index < -0.39 is 0 Å². The molecule has 84 valence electrons. The quantitative estimate of drug-likeness (QED) is 0.499. The SMILES string of the molecule is CCCC(=O)COCCOCCOC. The summed E-state index contributed by atoms with van der Waals surface area (Å²) >= 11 is 0. The summed E-state index contributed by atoms with van der Waals surface area (Å²) in [7, 11) is 1.63. The fraction of sp³-hybridized carbons (Fsp3) is 0.900. The first-order chi connectivity index (χ1) is 6.81. The highest BCUT2D eigenvalue weighted by molar-refractivity contribution is 5.79. The standard InChI is InChI=1S/C10H20O4/c1-3-4-10(11)9-14-8-7-13-6-5-12-2/h3-9H2,1-2H3. The molecule has 4 nitrogen and oxygen atoms in total. The van der Waals surface area contributed by atoms with Crippen molar-refractivity contribution in [3.63, 3.8) is 0 Å². The summed E-state index contributed by atoms with van der Waals surface area (Å²) in [5.74, 6) is 0.157. The third-order valence-corrected chi connectivity index (χ3v) is 1.60. The summed E-state index contributed by atoms with van der Waals surface area (Å²) in [5, 5.41) is 0. The highest BCUT2D eigenvalue weighted by Gasteiger charge is 1.99. The number of ether oxygens (including phenoxy) is 3. The summed E-state index contributed by atoms with van der Waals surface area (Å²) in [6.45, 7) is 4.34. The second kappa shape index (κ2) is 10.6. The van der Waals surface area contributed by atoms with E-state index >= 15 is 0 Å². The van der Waals surface area contributed by atoms with Crippen molar-refractivity contribution in [3.05, 3.63) is 0 Å². The van der Waals surface area contributed by atoms with Gasteiger partial charge >= 0.3 is 0 Å². The van der Waals surface area contributed by atoms with Gasteiger partial charge in [-0.2, -0.15) is 0 Å². The normalized spacial score (nSPS) is 10.4. The zero-order valence-electron chi connectivity index (χ0n) is 9.08. The second-order valence-corrected chi connectivity index (χ2v) is 2.95. The van der Waals surface area contributed by atoms with Gasteiger partial charge in [0.15, 0.2) is 5.78 Å². The van der Waals surface area contributed by atoms with Gasteiger partial charge in [0.05, 0.1) is 26.4 Å². The zero-order valence-corrected chi connectivity index (χ0v) is 9.08. The first kappa shape index (κ1) is 13.5. The maximum atomic E-state index is 11.0. The van der Waals surface area contributed by atoms with Gasteiger partial charge in [-0.3, -0.25) is 4.79 Å². The van der Waals surface area contributed by atoms with Crippen LogP contribution in [0.2, 0.25) is 0 Å². The Bertz CT molecular complexity index is 136. The van der Waals surface area contributed by atoms with Crippen LogP contribution in [0.1, 0.15) is 19.8 Å². The first-order valence-corrected chi connectivity index (χ1v) is 4.97. The third-order valence-electron chi connectivity index (χ3n) is 1.60. The van der Waals surface area contributed by atoms with E-state index in [1.165, 1.54) is 0 Å². The Balaban J connectivity index is 3.01. The van der Waals surface area contributed by atoms with Crippen molar-refractivity contribution in [3.8, 4) is 0 Å². The monoisotopic (exact) mass is 204 g/mol. The molecule has 0 unspecified atom stereocenters. The number of hydrogen-bond acceptors (Lipinski definition) is 4. The predicted molar refractivity (Wildman–Crippen MR) is 53.4 cm³/mol. The minimum atomic E-state index is 0.157. The van der Waals surface area contributed by atoms with Crippen LogP contribution in [0.5, 0.6) is 0 Å². The van der Waals surface area contributed by atoms with E-state index in [0.29, 0.717) is 32.8 Å². The van der Waals surface area contributed by atoms with E-state index in [2.05, 4.69) is 0 Å². The van der Waals surface area contributed by atoms with Crippen molar-refractivity contribution in [2.45, 2.75) is 19.8 Å². The van der Waals surface area contributed by atoms with E-state index in [1.54, 1.807) is 7.11 Å². The van der Waals surface area contributed by atoms with Crippen LogP contribution in [-0.2, 0) is 19.0 Å². The maximum Gasteiger partial charge on any atom is 0.158 e. The highest BCUT2D eigenvalue weighted by Crippen LogP contribution is 1.90. The predicted octanol–water partition coefficient (Wildman–Crippen LogP) is 1.04. The average Bonchev–Trinajstić information content (AvgIpc) is 2.17. The smallest absolute Gasteiger partial charge is 0.158 e. The molecule has 0 aromatic rings. The minimum absolute atomic E-state index is 0.157. The molecule has 0 aromatic heterocycles. The van der Waals surface area contributed by atoms with Gasteiger partial charge in [0.2, 0.25) is 0 Å².